The van der Waals surface area contributed by atoms with E-state index in [-0.39, 0.29) is 0 Å². The third-order valence-electron chi connectivity index (χ3n) is 2.77. The molecule has 1 heterocycles. The highest BCUT2D eigenvalue weighted by molar-refractivity contribution is 9.10. The minimum atomic E-state index is 0.794. The van der Waals surface area contributed by atoms with Crippen molar-refractivity contribution in [1.82, 2.24) is 5.32 Å². The van der Waals surface area contributed by atoms with Gasteiger partial charge in [0.2, 0.25) is 0 Å². The van der Waals surface area contributed by atoms with E-state index >= 15 is 0 Å². The molecule has 0 bridgehead atoms. The van der Waals surface area contributed by atoms with Crippen molar-refractivity contribution in [1.29, 1.82) is 0 Å². The third kappa shape index (κ3) is 2.02. The van der Waals surface area contributed by atoms with E-state index in [1.807, 2.05) is 0 Å². The van der Waals surface area contributed by atoms with Crippen molar-refractivity contribution in [2.75, 3.05) is 6.54 Å². The Balaban J connectivity index is 2.54. The molecule has 1 aromatic carbocycles. The maximum Gasteiger partial charge on any atom is 0.148 e. The molecule has 0 aliphatic carbocycles. The molecule has 1 N–H and O–H groups in total. The fraction of sp³-hybridized carbons (Fsp3) is 0.385. The Morgan fingerprint density at radius 3 is 2.75 bits per heavy atom. The van der Waals surface area contributed by atoms with E-state index in [0.717, 1.165) is 28.9 Å². The SMILES string of the molecule is CCNCc1oc2c(Br)cc(C)cc2c1C. The van der Waals surface area contributed by atoms with Gasteiger partial charge in [0, 0.05) is 5.39 Å². The highest BCUT2D eigenvalue weighted by Gasteiger charge is 2.12. The Hall–Kier alpha value is -0.800. The molecule has 2 rings (SSSR count). The normalized spacial score (nSPS) is 11.2. The summed E-state index contributed by atoms with van der Waals surface area (Å²) in [5, 5.41) is 4.50. The van der Waals surface area contributed by atoms with Crippen LogP contribution in [0.5, 0.6) is 0 Å². The van der Waals surface area contributed by atoms with Crippen LogP contribution in [0, 0.1) is 13.8 Å². The molecule has 2 nitrogen and oxygen atoms in total. The van der Waals surface area contributed by atoms with Gasteiger partial charge in [-0.15, -0.1) is 0 Å². The first-order valence-electron chi connectivity index (χ1n) is 5.52. The Bertz CT molecular complexity index is 516. The van der Waals surface area contributed by atoms with Crippen LogP contribution in [0.25, 0.3) is 11.0 Å². The van der Waals surface area contributed by atoms with Crippen LogP contribution in [-0.4, -0.2) is 6.54 Å². The van der Waals surface area contributed by atoms with Gasteiger partial charge in [0.1, 0.15) is 11.3 Å². The molecule has 86 valence electrons. The lowest BCUT2D eigenvalue weighted by Crippen LogP contribution is -2.11. The molecule has 0 saturated heterocycles. The molecule has 0 unspecified atom stereocenters. The van der Waals surface area contributed by atoms with Crippen LogP contribution in [0.1, 0.15) is 23.8 Å². The Kier molecular flexibility index (Phi) is 3.36. The highest BCUT2D eigenvalue weighted by atomic mass is 79.9. The summed E-state index contributed by atoms with van der Waals surface area (Å²) in [4.78, 5) is 0. The van der Waals surface area contributed by atoms with Crippen molar-refractivity contribution in [3.05, 3.63) is 33.5 Å². The van der Waals surface area contributed by atoms with Gasteiger partial charge in [-0.1, -0.05) is 6.92 Å². The van der Waals surface area contributed by atoms with Crippen LogP contribution in [0.2, 0.25) is 0 Å². The number of benzene rings is 1. The summed E-state index contributed by atoms with van der Waals surface area (Å²) in [6.07, 6.45) is 0. The molecule has 0 atom stereocenters. The second-order valence-electron chi connectivity index (χ2n) is 4.05. The zero-order valence-electron chi connectivity index (χ0n) is 9.86. The summed E-state index contributed by atoms with van der Waals surface area (Å²) < 4.78 is 6.91. The van der Waals surface area contributed by atoms with Crippen LogP contribution < -0.4 is 5.32 Å². The Morgan fingerprint density at radius 2 is 2.06 bits per heavy atom. The first-order chi connectivity index (χ1) is 7.63. The third-order valence-corrected chi connectivity index (χ3v) is 3.36. The minimum Gasteiger partial charge on any atom is -0.458 e. The Labute approximate surface area is 104 Å². The van der Waals surface area contributed by atoms with E-state index in [4.69, 9.17) is 4.42 Å². The summed E-state index contributed by atoms with van der Waals surface area (Å²) in [6, 6.07) is 4.26. The summed E-state index contributed by atoms with van der Waals surface area (Å²) in [5.41, 5.74) is 3.44. The standard InChI is InChI=1S/C13H16BrNO/c1-4-15-7-12-9(3)10-5-8(2)6-11(14)13(10)16-12/h5-6,15H,4,7H2,1-3H3. The minimum absolute atomic E-state index is 0.794. The summed E-state index contributed by atoms with van der Waals surface area (Å²) in [6.45, 7) is 8.06. The fourth-order valence-electron chi connectivity index (χ4n) is 1.87. The van der Waals surface area contributed by atoms with Crippen molar-refractivity contribution in [3.8, 4) is 0 Å². The fourth-order valence-corrected chi connectivity index (χ4v) is 2.52. The van der Waals surface area contributed by atoms with E-state index in [0.29, 0.717) is 0 Å². The number of halogens is 1. The summed E-state index contributed by atoms with van der Waals surface area (Å²) >= 11 is 3.55. The quantitative estimate of drug-likeness (QED) is 0.923. The molecule has 0 aliphatic heterocycles. The van der Waals surface area contributed by atoms with Gasteiger partial charge in [-0.25, -0.2) is 0 Å². The molecule has 3 heteroatoms. The molecule has 2 aromatic rings. The van der Waals surface area contributed by atoms with Crippen LogP contribution in [0.3, 0.4) is 0 Å². The van der Waals surface area contributed by atoms with Gasteiger partial charge in [0.05, 0.1) is 11.0 Å². The first kappa shape index (κ1) is 11.7. The summed E-state index contributed by atoms with van der Waals surface area (Å²) in [7, 11) is 0. The maximum atomic E-state index is 5.88. The van der Waals surface area contributed by atoms with Crippen LogP contribution in [0.4, 0.5) is 0 Å². The van der Waals surface area contributed by atoms with Crippen molar-refractivity contribution >= 4 is 26.9 Å². The van der Waals surface area contributed by atoms with E-state index in [1.54, 1.807) is 0 Å². The zero-order valence-corrected chi connectivity index (χ0v) is 11.4. The Morgan fingerprint density at radius 1 is 1.31 bits per heavy atom. The second-order valence-corrected chi connectivity index (χ2v) is 4.91. The topological polar surface area (TPSA) is 25.2 Å². The molecule has 0 fully saturated rings. The number of aryl methyl sites for hydroxylation is 2. The van der Waals surface area contributed by atoms with Crippen molar-refractivity contribution < 1.29 is 4.42 Å². The lowest BCUT2D eigenvalue weighted by Gasteiger charge is -1.98. The van der Waals surface area contributed by atoms with Crippen LogP contribution >= 0.6 is 15.9 Å². The highest BCUT2D eigenvalue weighted by Crippen LogP contribution is 2.32. The lowest BCUT2D eigenvalue weighted by atomic mass is 10.1. The van der Waals surface area contributed by atoms with Gasteiger partial charge < -0.3 is 9.73 Å². The van der Waals surface area contributed by atoms with E-state index < -0.39 is 0 Å². The number of rotatable bonds is 3. The molecule has 0 saturated carbocycles. The van der Waals surface area contributed by atoms with Gasteiger partial charge in [0.15, 0.2) is 0 Å². The number of nitrogens with one attached hydrogen (secondary N) is 1. The van der Waals surface area contributed by atoms with Gasteiger partial charge >= 0.3 is 0 Å². The second kappa shape index (κ2) is 4.60. The monoisotopic (exact) mass is 281 g/mol. The van der Waals surface area contributed by atoms with Crippen molar-refractivity contribution in [3.63, 3.8) is 0 Å². The number of furan rings is 1. The maximum absolute atomic E-state index is 5.88. The smallest absolute Gasteiger partial charge is 0.148 e. The molecular weight excluding hydrogens is 266 g/mol. The molecule has 16 heavy (non-hydrogen) atoms. The van der Waals surface area contributed by atoms with Crippen LogP contribution in [-0.2, 0) is 6.54 Å². The molecular formula is C13H16BrNO. The average Bonchev–Trinajstić information content (AvgIpc) is 2.54. The largest absolute Gasteiger partial charge is 0.458 e. The molecule has 1 aromatic heterocycles. The number of fused-ring (bicyclic) bond motifs is 1. The van der Waals surface area contributed by atoms with Crippen molar-refractivity contribution in [2.24, 2.45) is 0 Å². The molecule has 0 aliphatic rings. The zero-order chi connectivity index (χ0) is 11.7. The summed E-state index contributed by atoms with van der Waals surface area (Å²) in [5.74, 6) is 1.03. The van der Waals surface area contributed by atoms with Crippen LogP contribution in [0.15, 0.2) is 21.0 Å². The van der Waals surface area contributed by atoms with E-state index in [2.05, 4.69) is 54.2 Å². The molecule has 0 radical (unpaired) electrons. The first-order valence-corrected chi connectivity index (χ1v) is 6.31. The average molecular weight is 282 g/mol. The molecule has 0 spiro atoms. The van der Waals surface area contributed by atoms with Gasteiger partial charge in [-0.05, 0) is 59.6 Å². The van der Waals surface area contributed by atoms with Gasteiger partial charge in [0.25, 0.3) is 0 Å². The lowest BCUT2D eigenvalue weighted by molar-refractivity contribution is 0.515. The molecule has 0 amide bonds. The van der Waals surface area contributed by atoms with E-state index in [1.165, 1.54) is 16.5 Å². The van der Waals surface area contributed by atoms with Gasteiger partial charge in [-0.2, -0.15) is 0 Å². The predicted octanol–water partition coefficient (Wildman–Crippen LogP) is 3.92. The van der Waals surface area contributed by atoms with E-state index in [9.17, 15) is 0 Å². The predicted molar refractivity (Wildman–Crippen MR) is 70.8 cm³/mol. The van der Waals surface area contributed by atoms with Gasteiger partial charge in [-0.3, -0.25) is 0 Å². The number of hydrogen-bond acceptors (Lipinski definition) is 2. The number of hydrogen-bond donors (Lipinski definition) is 1. The van der Waals surface area contributed by atoms with Crippen molar-refractivity contribution in [2.45, 2.75) is 27.3 Å².